The lowest BCUT2D eigenvalue weighted by Gasteiger charge is -2.25. The van der Waals surface area contributed by atoms with Gasteiger partial charge in [-0.25, -0.2) is 0 Å². The molecule has 132 valence electrons. The van der Waals surface area contributed by atoms with Crippen molar-refractivity contribution < 1.29 is 9.53 Å². The molecule has 2 atom stereocenters. The molecule has 0 radical (unpaired) electrons. The Bertz CT molecular complexity index is 492. The third-order valence-electron chi connectivity index (χ3n) is 4.89. The third kappa shape index (κ3) is 7.00. The summed E-state index contributed by atoms with van der Waals surface area (Å²) in [6.07, 6.45) is 13.0. The van der Waals surface area contributed by atoms with Crippen LogP contribution < -0.4 is 0 Å². The highest BCUT2D eigenvalue weighted by molar-refractivity contribution is 5.78. The fourth-order valence-electron chi connectivity index (χ4n) is 3.42. The molecule has 0 saturated heterocycles. The Balaban J connectivity index is 1.96. The van der Waals surface area contributed by atoms with Crippen molar-refractivity contribution >= 4 is 5.78 Å². The number of rotatable bonds is 7. The van der Waals surface area contributed by atoms with E-state index in [1.54, 1.807) is 0 Å². The van der Waals surface area contributed by atoms with Crippen molar-refractivity contribution in [2.45, 2.75) is 64.9 Å². The van der Waals surface area contributed by atoms with Gasteiger partial charge in [-0.2, -0.15) is 0 Å². The number of ketones is 1. The molecule has 0 N–H and O–H groups in total. The van der Waals surface area contributed by atoms with Crippen molar-refractivity contribution in [3.05, 3.63) is 48.0 Å². The minimum Gasteiger partial charge on any atom is -0.376 e. The molecule has 0 fully saturated rings. The average molecular weight is 328 g/mol. The van der Waals surface area contributed by atoms with Crippen molar-refractivity contribution in [3.63, 3.8) is 0 Å². The topological polar surface area (TPSA) is 26.3 Å². The molecule has 2 rings (SSSR count). The van der Waals surface area contributed by atoms with Gasteiger partial charge in [-0.3, -0.25) is 4.79 Å². The lowest BCUT2D eigenvalue weighted by Crippen LogP contribution is -2.23. The number of carbonyl (C=O) groups excluding carboxylic acids is 1. The molecule has 0 aromatic heterocycles. The number of carbonyl (C=O) groups is 1. The Hall–Kier alpha value is -1.41. The van der Waals surface area contributed by atoms with Gasteiger partial charge in [0.15, 0.2) is 0 Å². The summed E-state index contributed by atoms with van der Waals surface area (Å²) in [5, 5.41) is 0. The van der Waals surface area contributed by atoms with Crippen LogP contribution in [0.25, 0.3) is 0 Å². The number of ether oxygens (including phenoxy) is 1. The molecule has 1 aliphatic carbocycles. The van der Waals surface area contributed by atoms with Gasteiger partial charge >= 0.3 is 0 Å². The summed E-state index contributed by atoms with van der Waals surface area (Å²) < 4.78 is 6.00. The Labute approximate surface area is 147 Å². The predicted molar refractivity (Wildman–Crippen MR) is 99.8 cm³/mol. The lowest BCUT2D eigenvalue weighted by atomic mass is 9.83. The second-order valence-corrected chi connectivity index (χ2v) is 6.98. The molecule has 24 heavy (non-hydrogen) atoms. The minimum atomic E-state index is 0.321. The van der Waals surface area contributed by atoms with Crippen molar-refractivity contribution in [3.8, 4) is 0 Å². The van der Waals surface area contributed by atoms with Crippen LogP contribution in [0.1, 0.15) is 63.9 Å². The molecular weight excluding hydrogens is 296 g/mol. The molecule has 2 heteroatoms. The Morgan fingerprint density at radius 2 is 2.00 bits per heavy atom. The molecule has 0 bridgehead atoms. The van der Waals surface area contributed by atoms with Crippen molar-refractivity contribution in [1.82, 2.24) is 0 Å². The molecule has 2 nitrogen and oxygen atoms in total. The number of benzene rings is 1. The number of hydrogen-bond acceptors (Lipinski definition) is 2. The molecule has 0 spiro atoms. The van der Waals surface area contributed by atoms with Crippen LogP contribution in [0, 0.1) is 11.8 Å². The van der Waals surface area contributed by atoms with Crippen LogP contribution in [0.5, 0.6) is 0 Å². The lowest BCUT2D eigenvalue weighted by molar-refractivity contribution is -0.121. The quantitative estimate of drug-likeness (QED) is 0.599. The van der Waals surface area contributed by atoms with E-state index in [0.717, 1.165) is 25.7 Å². The van der Waals surface area contributed by atoms with Gasteiger partial charge in [0, 0.05) is 12.8 Å². The first-order valence-corrected chi connectivity index (χ1v) is 9.59. The van der Waals surface area contributed by atoms with Crippen LogP contribution in [0.4, 0.5) is 0 Å². The molecule has 1 aliphatic rings. The maximum atomic E-state index is 12.3. The molecule has 0 saturated carbocycles. The fraction of sp³-hybridized carbons (Fsp3) is 0.591. The van der Waals surface area contributed by atoms with Gasteiger partial charge in [0.05, 0.1) is 13.2 Å². The second-order valence-electron chi connectivity index (χ2n) is 6.98. The zero-order valence-electron chi connectivity index (χ0n) is 15.1. The Morgan fingerprint density at radius 1 is 1.17 bits per heavy atom. The number of Topliss-reactive ketones (excluding diaryl/α,β-unsaturated/α-hetero) is 1. The standard InChI is InChI=1S/C22H32O2/c1-2-3-13-20-14-9-4-5-10-15-22(23)16-21(20)18-24-17-19-11-7-6-8-12-19/h6-9,11-12,14,20-21H,2-5,10,13,15-18H2,1H3/b14-9+/t20-,21-/m1/s1. The molecule has 0 unspecified atom stereocenters. The minimum absolute atomic E-state index is 0.321. The highest BCUT2D eigenvalue weighted by Crippen LogP contribution is 2.27. The SMILES string of the molecule is CCCC[C@@H]1/C=C/CCCCC(=O)C[C@@H]1COCc1ccccc1. The number of unbranched alkanes of at least 4 members (excludes halogenated alkanes) is 1. The van der Waals surface area contributed by atoms with E-state index < -0.39 is 0 Å². The summed E-state index contributed by atoms with van der Waals surface area (Å²) in [4.78, 5) is 12.3. The molecule has 0 aliphatic heterocycles. The summed E-state index contributed by atoms with van der Waals surface area (Å²) in [6, 6.07) is 10.3. The van der Waals surface area contributed by atoms with Gasteiger partial charge in [-0.1, -0.05) is 62.2 Å². The first kappa shape index (κ1) is 18.9. The maximum absolute atomic E-state index is 12.3. The van der Waals surface area contributed by atoms with Crippen molar-refractivity contribution in [2.75, 3.05) is 6.61 Å². The normalized spacial score (nSPS) is 23.8. The molecule has 1 aromatic rings. The van der Waals surface area contributed by atoms with E-state index in [0.29, 0.717) is 37.3 Å². The summed E-state index contributed by atoms with van der Waals surface area (Å²) in [6.45, 7) is 3.55. The van der Waals surface area contributed by atoms with E-state index in [1.165, 1.54) is 24.8 Å². The number of hydrogen-bond donors (Lipinski definition) is 0. The highest BCUT2D eigenvalue weighted by Gasteiger charge is 2.22. The van der Waals surface area contributed by atoms with Crippen LogP contribution >= 0.6 is 0 Å². The van der Waals surface area contributed by atoms with Gasteiger partial charge in [-0.15, -0.1) is 0 Å². The van der Waals surface area contributed by atoms with Crippen LogP contribution in [-0.2, 0) is 16.1 Å². The van der Waals surface area contributed by atoms with E-state index in [9.17, 15) is 4.79 Å². The fourth-order valence-corrected chi connectivity index (χ4v) is 3.42. The van der Waals surface area contributed by atoms with Gasteiger partial charge in [0.1, 0.15) is 5.78 Å². The highest BCUT2D eigenvalue weighted by atomic mass is 16.5. The van der Waals surface area contributed by atoms with Crippen molar-refractivity contribution in [1.29, 1.82) is 0 Å². The average Bonchev–Trinajstić information content (AvgIpc) is 2.60. The smallest absolute Gasteiger partial charge is 0.133 e. The number of allylic oxidation sites excluding steroid dienone is 2. The van der Waals surface area contributed by atoms with Crippen LogP contribution in [0.2, 0.25) is 0 Å². The zero-order chi connectivity index (χ0) is 17.0. The van der Waals surface area contributed by atoms with Crippen LogP contribution in [0.15, 0.2) is 42.5 Å². The first-order chi connectivity index (χ1) is 11.8. The maximum Gasteiger partial charge on any atom is 0.133 e. The van der Waals surface area contributed by atoms with Crippen LogP contribution in [-0.4, -0.2) is 12.4 Å². The Kier molecular flexibility index (Phi) is 8.83. The monoisotopic (exact) mass is 328 g/mol. The first-order valence-electron chi connectivity index (χ1n) is 9.59. The van der Waals surface area contributed by atoms with Gasteiger partial charge < -0.3 is 4.74 Å². The molecule has 0 amide bonds. The zero-order valence-corrected chi connectivity index (χ0v) is 15.1. The van der Waals surface area contributed by atoms with E-state index in [-0.39, 0.29) is 0 Å². The molecular formula is C22H32O2. The van der Waals surface area contributed by atoms with E-state index in [2.05, 4.69) is 31.2 Å². The van der Waals surface area contributed by atoms with E-state index in [4.69, 9.17) is 4.74 Å². The van der Waals surface area contributed by atoms with Gasteiger partial charge in [0.2, 0.25) is 0 Å². The Morgan fingerprint density at radius 3 is 2.79 bits per heavy atom. The van der Waals surface area contributed by atoms with Crippen molar-refractivity contribution in [2.24, 2.45) is 11.8 Å². The van der Waals surface area contributed by atoms with E-state index in [1.807, 2.05) is 18.2 Å². The van der Waals surface area contributed by atoms with Gasteiger partial charge in [0.25, 0.3) is 0 Å². The molecule has 0 heterocycles. The molecule has 1 aromatic carbocycles. The summed E-state index contributed by atoms with van der Waals surface area (Å²) >= 11 is 0. The predicted octanol–water partition coefficient (Wildman–Crippen LogP) is 5.72. The van der Waals surface area contributed by atoms with Gasteiger partial charge in [-0.05, 0) is 43.1 Å². The third-order valence-corrected chi connectivity index (χ3v) is 4.89. The second kappa shape index (κ2) is 11.2. The summed E-state index contributed by atoms with van der Waals surface area (Å²) in [5.41, 5.74) is 1.20. The van der Waals surface area contributed by atoms with Crippen LogP contribution in [0.3, 0.4) is 0 Å². The largest absolute Gasteiger partial charge is 0.376 e. The summed E-state index contributed by atoms with van der Waals surface area (Å²) in [5.74, 6) is 1.21. The summed E-state index contributed by atoms with van der Waals surface area (Å²) in [7, 11) is 0. The van der Waals surface area contributed by atoms with E-state index >= 15 is 0 Å².